The Balaban J connectivity index is 1.36. The first-order chi connectivity index (χ1) is 27.7. The van der Waals surface area contributed by atoms with E-state index in [1.54, 1.807) is 28.4 Å². The van der Waals surface area contributed by atoms with Crippen LogP contribution in [0, 0.1) is 0 Å². The smallest absolute Gasteiger partial charge is 0.204 e. The van der Waals surface area contributed by atoms with E-state index in [0.717, 1.165) is 54.8 Å². The first-order valence-corrected chi connectivity index (χ1v) is 20.0. The second-order valence-corrected chi connectivity index (χ2v) is 15.7. The molecule has 0 radical (unpaired) electrons. The minimum atomic E-state index is -0.0684. The van der Waals surface area contributed by atoms with Crippen LogP contribution in [0.1, 0.15) is 69.6 Å². The summed E-state index contributed by atoms with van der Waals surface area (Å²) in [6.07, 6.45) is 3.27. The Morgan fingerprint density at radius 2 is 1.37 bits per heavy atom. The second-order valence-electron chi connectivity index (χ2n) is 15.7. The third-order valence-corrected chi connectivity index (χ3v) is 12.5. The van der Waals surface area contributed by atoms with Gasteiger partial charge < -0.3 is 28.4 Å². The lowest BCUT2D eigenvalue weighted by Crippen LogP contribution is -2.35. The van der Waals surface area contributed by atoms with Crippen molar-refractivity contribution in [1.29, 1.82) is 0 Å². The highest BCUT2D eigenvalue weighted by atomic mass is 16.5. The van der Waals surface area contributed by atoms with E-state index in [2.05, 4.69) is 122 Å². The Hall–Kier alpha value is -5.22. The van der Waals surface area contributed by atoms with E-state index in [4.69, 9.17) is 28.4 Å². The fourth-order valence-corrected chi connectivity index (χ4v) is 9.05. The highest BCUT2D eigenvalue weighted by Gasteiger charge is 2.37. The van der Waals surface area contributed by atoms with E-state index in [1.807, 2.05) is 6.07 Å². The topological polar surface area (TPSA) is 65.1 Å². The highest BCUT2D eigenvalue weighted by Crippen LogP contribution is 2.54. The van der Waals surface area contributed by atoms with Crippen LogP contribution in [0.3, 0.4) is 0 Å². The van der Waals surface area contributed by atoms with Crippen molar-refractivity contribution in [2.24, 2.45) is 0 Å². The van der Waals surface area contributed by atoms with Crippen LogP contribution in [0.2, 0.25) is 0 Å². The van der Waals surface area contributed by atoms with Gasteiger partial charge in [0.2, 0.25) is 5.75 Å². The number of likely N-dealkylation sites (N-methyl/N-ethyl adjacent to an activating group) is 2. The van der Waals surface area contributed by atoms with E-state index in [-0.39, 0.29) is 18.1 Å². The van der Waals surface area contributed by atoms with Gasteiger partial charge in [-0.1, -0.05) is 48.5 Å². The summed E-state index contributed by atoms with van der Waals surface area (Å²) < 4.78 is 38.5. The van der Waals surface area contributed by atoms with Gasteiger partial charge in [0.05, 0.1) is 28.4 Å². The predicted molar refractivity (Wildman–Crippen MR) is 224 cm³/mol. The van der Waals surface area contributed by atoms with Crippen molar-refractivity contribution in [2.75, 3.05) is 62.7 Å². The van der Waals surface area contributed by atoms with Crippen molar-refractivity contribution in [1.82, 2.24) is 14.7 Å². The molecule has 5 aromatic rings. The van der Waals surface area contributed by atoms with Gasteiger partial charge in [-0.05, 0) is 124 Å². The fraction of sp³-hybridized carbons (Fsp3) is 0.375. The van der Waals surface area contributed by atoms with Crippen molar-refractivity contribution in [3.63, 3.8) is 0 Å². The number of hydrogen-bond donors (Lipinski definition) is 0. The molecule has 4 aliphatic rings. The predicted octanol–water partition coefficient (Wildman–Crippen LogP) is 9.36. The summed E-state index contributed by atoms with van der Waals surface area (Å²) in [6, 6.07) is 30.0. The molecule has 5 aromatic carbocycles. The van der Waals surface area contributed by atoms with Gasteiger partial charge in [0, 0.05) is 48.9 Å². The van der Waals surface area contributed by atoms with E-state index in [0.29, 0.717) is 53.2 Å². The normalized spacial score (nSPS) is 18.4. The molecule has 0 aromatic heterocycles. The number of ether oxygens (including phenoxy) is 6. The van der Waals surface area contributed by atoms with Gasteiger partial charge in [-0.2, -0.15) is 0 Å². The number of methoxy groups -OCH3 is 4. The van der Waals surface area contributed by atoms with Crippen LogP contribution in [0.25, 0.3) is 0 Å². The Labute approximate surface area is 337 Å². The minimum Gasteiger partial charge on any atom is -0.493 e. The molecule has 0 N–H and O–H groups in total. The molecule has 9 heteroatoms. The molecule has 0 spiro atoms. The largest absolute Gasteiger partial charge is 0.493 e. The molecule has 0 aliphatic carbocycles. The lowest BCUT2D eigenvalue weighted by Gasteiger charge is -2.39. The molecule has 57 heavy (non-hydrogen) atoms. The SMILES string of the molecule is COc1ccc2cc1Oc1ccc(cc1)C[C@H]1c3cc(c(OC)cc3CCN1C)Oc1c(OC)c(OC)c(CN(C)[C@@H](C)c3ccccc3)c3c1[C@H](C2)N(C)CC3. The molecule has 4 heterocycles. The molecule has 3 atom stereocenters. The van der Waals surface area contributed by atoms with Crippen molar-refractivity contribution in [3.8, 4) is 46.0 Å². The zero-order chi connectivity index (χ0) is 39.8. The van der Waals surface area contributed by atoms with Crippen LogP contribution < -0.4 is 28.4 Å². The molecule has 0 saturated carbocycles. The number of fused-ring (bicyclic) bond motifs is 2. The average molecular weight is 770 g/mol. The van der Waals surface area contributed by atoms with Crippen LogP contribution in [-0.4, -0.2) is 77.4 Å². The Bertz CT molecular complexity index is 2230. The average Bonchev–Trinajstić information content (AvgIpc) is 3.23. The number of benzene rings is 5. The van der Waals surface area contributed by atoms with E-state index < -0.39 is 0 Å². The van der Waals surface area contributed by atoms with Gasteiger partial charge in [0.15, 0.2) is 34.5 Å². The summed E-state index contributed by atoms with van der Waals surface area (Å²) in [5, 5.41) is 0. The van der Waals surface area contributed by atoms with E-state index >= 15 is 0 Å². The summed E-state index contributed by atoms with van der Waals surface area (Å²) in [4.78, 5) is 7.25. The van der Waals surface area contributed by atoms with Crippen LogP contribution >= 0.6 is 0 Å². The first kappa shape index (κ1) is 38.6. The molecule has 6 bridgehead atoms. The summed E-state index contributed by atoms with van der Waals surface area (Å²) in [5.41, 5.74) is 9.55. The third-order valence-electron chi connectivity index (χ3n) is 12.5. The lowest BCUT2D eigenvalue weighted by molar-refractivity contribution is 0.213. The first-order valence-electron chi connectivity index (χ1n) is 20.0. The van der Waals surface area contributed by atoms with Crippen LogP contribution in [-0.2, 0) is 32.2 Å². The Morgan fingerprint density at radius 1 is 0.702 bits per heavy atom. The zero-order valence-corrected chi connectivity index (χ0v) is 34.6. The molecular weight excluding hydrogens is 715 g/mol. The zero-order valence-electron chi connectivity index (χ0n) is 34.6. The maximum absolute atomic E-state index is 7.29. The van der Waals surface area contributed by atoms with Crippen molar-refractivity contribution < 1.29 is 28.4 Å². The van der Waals surface area contributed by atoms with Gasteiger partial charge in [-0.25, -0.2) is 0 Å². The van der Waals surface area contributed by atoms with Gasteiger partial charge in [0.1, 0.15) is 5.75 Å². The summed E-state index contributed by atoms with van der Waals surface area (Å²) in [6.45, 7) is 4.72. The summed E-state index contributed by atoms with van der Waals surface area (Å²) in [7, 11) is 13.4. The number of hydrogen-bond acceptors (Lipinski definition) is 9. The molecular formula is C48H55N3O6. The maximum Gasteiger partial charge on any atom is 0.204 e. The van der Waals surface area contributed by atoms with E-state index in [1.165, 1.54) is 27.8 Å². The van der Waals surface area contributed by atoms with Gasteiger partial charge in [-0.3, -0.25) is 14.7 Å². The standard InChI is InChI=1S/C48H55N3O6/c1-30(33-12-10-9-11-13-33)51(4)29-38-36-21-23-50(3)40-25-32-16-19-41(52-5)43(26-32)56-35-17-14-31(15-18-35)24-39-37-28-44(42(53-6)27-34(37)20-22-49(39)2)57-47(45(36)40)48(55-8)46(38)54-7/h9-19,26-28,30,39-40H,20-25,29H2,1-8H3/t30-,39-,40-/m0/s1. The summed E-state index contributed by atoms with van der Waals surface area (Å²) in [5.74, 6) is 5.42. The third kappa shape index (κ3) is 7.40. The van der Waals surface area contributed by atoms with E-state index in [9.17, 15) is 0 Å². The second kappa shape index (κ2) is 16.3. The number of nitrogens with zero attached hydrogens (tertiary/aromatic N) is 3. The van der Waals surface area contributed by atoms with Crippen molar-refractivity contribution >= 4 is 0 Å². The van der Waals surface area contributed by atoms with Crippen molar-refractivity contribution in [3.05, 3.63) is 129 Å². The van der Waals surface area contributed by atoms with Gasteiger partial charge >= 0.3 is 0 Å². The molecule has 0 unspecified atom stereocenters. The summed E-state index contributed by atoms with van der Waals surface area (Å²) >= 11 is 0. The molecule has 0 saturated heterocycles. The molecule has 9 rings (SSSR count). The Kier molecular flexibility index (Phi) is 11.1. The van der Waals surface area contributed by atoms with Gasteiger partial charge in [-0.15, -0.1) is 0 Å². The highest BCUT2D eigenvalue weighted by molar-refractivity contribution is 5.67. The van der Waals surface area contributed by atoms with Crippen molar-refractivity contribution in [2.45, 2.75) is 57.3 Å². The van der Waals surface area contributed by atoms with Crippen LogP contribution in [0.15, 0.2) is 84.9 Å². The fourth-order valence-electron chi connectivity index (χ4n) is 9.05. The maximum atomic E-state index is 7.29. The quantitative estimate of drug-likeness (QED) is 0.154. The minimum absolute atomic E-state index is 0.0684. The van der Waals surface area contributed by atoms with Gasteiger partial charge in [0.25, 0.3) is 0 Å². The molecule has 0 fully saturated rings. The number of rotatable bonds is 8. The molecule has 4 aliphatic heterocycles. The van der Waals surface area contributed by atoms with Crippen LogP contribution in [0.4, 0.5) is 0 Å². The van der Waals surface area contributed by atoms with Crippen LogP contribution in [0.5, 0.6) is 46.0 Å². The monoisotopic (exact) mass is 769 g/mol. The molecule has 9 nitrogen and oxygen atoms in total. The molecule has 0 amide bonds. The molecule has 298 valence electrons. The Morgan fingerprint density at radius 3 is 2.09 bits per heavy atom. The lowest BCUT2D eigenvalue weighted by atomic mass is 9.84.